The van der Waals surface area contributed by atoms with E-state index >= 15 is 0 Å². The van der Waals surface area contributed by atoms with Gasteiger partial charge in [-0.1, -0.05) is 126 Å². The Labute approximate surface area is 265 Å². The molecule has 2 nitrogen and oxygen atoms in total. The van der Waals surface area contributed by atoms with Crippen LogP contribution in [0, 0.1) is 0 Å². The maximum absolute atomic E-state index is 5.33. The predicted octanol–water partition coefficient (Wildman–Crippen LogP) is 10.7. The number of aromatic nitrogens is 2. The first-order valence-electron chi connectivity index (χ1n) is 16.1. The highest BCUT2D eigenvalue weighted by Gasteiger charge is 2.39. The van der Waals surface area contributed by atoms with E-state index in [0.717, 1.165) is 33.9 Å². The second-order valence-electron chi connectivity index (χ2n) is 14.7. The van der Waals surface area contributed by atoms with E-state index in [9.17, 15) is 0 Å². The first-order chi connectivity index (χ1) is 21.6. The van der Waals surface area contributed by atoms with Gasteiger partial charge >= 0.3 is 0 Å². The fourth-order valence-electron chi connectivity index (χ4n) is 8.50. The van der Waals surface area contributed by atoms with Gasteiger partial charge < -0.3 is 0 Å². The van der Waals surface area contributed by atoms with E-state index in [1.165, 1.54) is 55.6 Å². The van der Waals surface area contributed by atoms with Crippen molar-refractivity contribution in [1.29, 1.82) is 0 Å². The summed E-state index contributed by atoms with van der Waals surface area (Å²) in [6, 6.07) is 40.3. The highest BCUT2D eigenvalue weighted by Crippen LogP contribution is 2.53. The smallest absolute Gasteiger partial charge is 0.0706 e. The molecule has 0 N–H and O–H groups in total. The Balaban J connectivity index is 1.15. The number of rotatable bonds is 2. The largest absolute Gasteiger partial charge is 0.251 e. The third-order valence-electron chi connectivity index (χ3n) is 11.0. The Hall–Kier alpha value is -4.82. The van der Waals surface area contributed by atoms with Crippen LogP contribution >= 0.6 is 0 Å². The molecule has 4 aromatic carbocycles. The minimum atomic E-state index is -0.124. The monoisotopic (exact) mass is 580 g/mol. The topological polar surface area (TPSA) is 25.8 Å². The lowest BCUT2D eigenvalue weighted by Crippen LogP contribution is -2.17. The lowest BCUT2D eigenvalue weighted by molar-refractivity contribution is 0.637. The predicted molar refractivity (Wildman–Crippen MR) is 186 cm³/mol. The van der Waals surface area contributed by atoms with Crippen LogP contribution in [-0.4, -0.2) is 9.97 Å². The Kier molecular flexibility index (Phi) is 5.12. The number of benzene rings is 4. The summed E-state index contributed by atoms with van der Waals surface area (Å²) in [5.74, 6) is 0. The molecule has 0 amide bonds. The van der Waals surface area contributed by atoms with E-state index in [0.29, 0.717) is 0 Å². The normalized spacial score (nSPS) is 16.8. The highest BCUT2D eigenvalue weighted by atomic mass is 14.8. The van der Waals surface area contributed by atoms with Crippen LogP contribution in [0.2, 0.25) is 0 Å². The van der Waals surface area contributed by atoms with E-state index in [-0.39, 0.29) is 16.2 Å². The zero-order valence-electron chi connectivity index (χ0n) is 26.8. The number of fused-ring (bicyclic) bond motifs is 9. The Bertz CT molecular complexity index is 2090. The van der Waals surface area contributed by atoms with Crippen molar-refractivity contribution in [2.45, 2.75) is 57.8 Å². The molecule has 0 saturated heterocycles. The number of nitrogens with zero attached hydrogens (tertiary/aromatic N) is 2. The summed E-state index contributed by atoms with van der Waals surface area (Å²) in [6.07, 6.45) is 0. The van der Waals surface area contributed by atoms with Crippen LogP contribution < -0.4 is 0 Å². The molecule has 0 atom stereocenters. The summed E-state index contributed by atoms with van der Waals surface area (Å²) in [5, 5.41) is 0. The second kappa shape index (κ2) is 8.67. The van der Waals surface area contributed by atoms with Gasteiger partial charge in [0.2, 0.25) is 0 Å². The molecule has 0 unspecified atom stereocenters. The average Bonchev–Trinajstić information content (AvgIpc) is 3.53. The molecule has 2 heterocycles. The van der Waals surface area contributed by atoms with Crippen molar-refractivity contribution < 1.29 is 0 Å². The quantitative estimate of drug-likeness (QED) is 0.204. The molecule has 0 radical (unpaired) electrons. The van der Waals surface area contributed by atoms with E-state index in [2.05, 4.69) is 151 Å². The Morgan fingerprint density at radius 1 is 0.356 bits per heavy atom. The van der Waals surface area contributed by atoms with Crippen LogP contribution in [0.25, 0.3) is 55.9 Å². The molecular formula is C43H36N2. The summed E-state index contributed by atoms with van der Waals surface area (Å²) in [5.41, 5.74) is 19.5. The van der Waals surface area contributed by atoms with Crippen LogP contribution in [-0.2, 0) is 16.2 Å². The average molecular weight is 581 g/mol. The molecule has 2 heteroatoms. The van der Waals surface area contributed by atoms with Crippen molar-refractivity contribution in [3.8, 4) is 55.9 Å². The van der Waals surface area contributed by atoms with E-state index in [1.54, 1.807) is 0 Å². The summed E-state index contributed by atoms with van der Waals surface area (Å²) < 4.78 is 0. The van der Waals surface area contributed by atoms with Crippen molar-refractivity contribution in [1.82, 2.24) is 9.97 Å². The minimum Gasteiger partial charge on any atom is -0.251 e. The Morgan fingerprint density at radius 3 is 1.20 bits per heavy atom. The molecule has 0 saturated carbocycles. The molecule has 0 fully saturated rings. The van der Waals surface area contributed by atoms with Gasteiger partial charge in [0, 0.05) is 38.5 Å². The van der Waals surface area contributed by atoms with Gasteiger partial charge in [-0.3, -0.25) is 9.97 Å². The maximum Gasteiger partial charge on any atom is 0.0706 e. The van der Waals surface area contributed by atoms with Gasteiger partial charge in [-0.05, 0) is 68.8 Å². The van der Waals surface area contributed by atoms with Gasteiger partial charge in [-0.15, -0.1) is 0 Å². The molecule has 45 heavy (non-hydrogen) atoms. The fraction of sp³-hybridized carbons (Fsp3) is 0.209. The molecule has 9 rings (SSSR count). The third kappa shape index (κ3) is 3.46. The number of hydrogen-bond acceptors (Lipinski definition) is 2. The molecule has 218 valence electrons. The molecule has 0 spiro atoms. The minimum absolute atomic E-state index is 0.0777. The molecule has 3 aliphatic carbocycles. The standard InChI is InChI=1S/C43H36N2/c1-41(2)35-19-15-25(37-21-17-29-27-11-7-9-13-33(27)42(3,4)39(29)44-37)23-31(35)32-24-26(16-20-36(32)41)38-22-18-30-28-12-8-10-14-34(28)43(5,6)40(30)45-38/h7-24H,1-6H3. The first kappa shape index (κ1) is 26.6. The third-order valence-corrected chi connectivity index (χ3v) is 11.0. The van der Waals surface area contributed by atoms with Crippen molar-refractivity contribution >= 4 is 0 Å². The molecular weight excluding hydrogens is 544 g/mol. The Morgan fingerprint density at radius 2 is 0.756 bits per heavy atom. The second-order valence-corrected chi connectivity index (χ2v) is 14.7. The summed E-state index contributed by atoms with van der Waals surface area (Å²) >= 11 is 0. The van der Waals surface area contributed by atoms with Crippen molar-refractivity contribution in [3.05, 3.63) is 143 Å². The molecule has 0 aliphatic heterocycles. The van der Waals surface area contributed by atoms with Gasteiger partial charge in [0.15, 0.2) is 0 Å². The van der Waals surface area contributed by atoms with Gasteiger partial charge in [0.25, 0.3) is 0 Å². The highest BCUT2D eigenvalue weighted by molar-refractivity contribution is 5.88. The van der Waals surface area contributed by atoms with Crippen molar-refractivity contribution in [2.75, 3.05) is 0 Å². The van der Waals surface area contributed by atoms with Crippen molar-refractivity contribution in [2.24, 2.45) is 0 Å². The first-order valence-corrected chi connectivity index (χ1v) is 16.1. The van der Waals surface area contributed by atoms with Crippen LogP contribution in [0.15, 0.2) is 109 Å². The van der Waals surface area contributed by atoms with Gasteiger partial charge in [0.1, 0.15) is 0 Å². The number of hydrogen-bond donors (Lipinski definition) is 0. The zero-order valence-corrected chi connectivity index (χ0v) is 26.8. The lowest BCUT2D eigenvalue weighted by atomic mass is 9.82. The van der Waals surface area contributed by atoms with Gasteiger partial charge in [-0.2, -0.15) is 0 Å². The number of pyridine rings is 2. The summed E-state index contributed by atoms with van der Waals surface area (Å²) in [7, 11) is 0. The summed E-state index contributed by atoms with van der Waals surface area (Å²) in [6.45, 7) is 13.9. The molecule has 6 aromatic rings. The van der Waals surface area contributed by atoms with Crippen LogP contribution in [0.5, 0.6) is 0 Å². The zero-order chi connectivity index (χ0) is 30.9. The maximum atomic E-state index is 5.33. The SMILES string of the molecule is CC1(C)c2ccc(-c3ccc4c(n3)C(C)(C)c3ccccc3-4)cc2-c2cc(-c3ccc4c(n3)C(C)(C)c3ccccc3-4)ccc21. The van der Waals surface area contributed by atoms with Gasteiger partial charge in [-0.25, -0.2) is 0 Å². The lowest BCUT2D eigenvalue weighted by Gasteiger charge is -2.22. The summed E-state index contributed by atoms with van der Waals surface area (Å²) in [4.78, 5) is 10.7. The van der Waals surface area contributed by atoms with Gasteiger partial charge in [0.05, 0.1) is 22.8 Å². The van der Waals surface area contributed by atoms with E-state index in [1.807, 2.05) is 0 Å². The molecule has 0 bridgehead atoms. The van der Waals surface area contributed by atoms with Crippen LogP contribution in [0.1, 0.15) is 75.2 Å². The van der Waals surface area contributed by atoms with Crippen LogP contribution in [0.3, 0.4) is 0 Å². The fourth-order valence-corrected chi connectivity index (χ4v) is 8.50. The van der Waals surface area contributed by atoms with Crippen molar-refractivity contribution in [3.63, 3.8) is 0 Å². The van der Waals surface area contributed by atoms with E-state index in [4.69, 9.17) is 9.97 Å². The van der Waals surface area contributed by atoms with E-state index < -0.39 is 0 Å². The van der Waals surface area contributed by atoms with Crippen LogP contribution in [0.4, 0.5) is 0 Å². The molecule has 3 aliphatic rings. The molecule has 2 aromatic heterocycles.